The smallest absolute Gasteiger partial charge is 0.258 e. The molecule has 0 bridgehead atoms. The lowest BCUT2D eigenvalue weighted by atomic mass is 10.1. The SMILES string of the molecule is CN(C)CCn1cc(N(C)c2nc(-c3ccc(F)cc3)c(C#N)s2)c2cc(N3CCN(C4CC4)CC3)ccc2c1=O. The highest BCUT2D eigenvalue weighted by Crippen LogP contribution is 2.38. The summed E-state index contributed by atoms with van der Waals surface area (Å²) in [5.74, 6) is -0.337. The zero-order valence-electron chi connectivity index (χ0n) is 23.7. The van der Waals surface area contributed by atoms with Crippen LogP contribution in [0.4, 0.5) is 20.9 Å². The van der Waals surface area contributed by atoms with Gasteiger partial charge in [-0.3, -0.25) is 9.69 Å². The zero-order chi connectivity index (χ0) is 28.7. The summed E-state index contributed by atoms with van der Waals surface area (Å²) >= 11 is 1.29. The third-order valence-corrected chi connectivity index (χ3v) is 9.10. The molecule has 41 heavy (non-hydrogen) atoms. The molecule has 2 fully saturated rings. The minimum Gasteiger partial charge on any atom is -0.369 e. The summed E-state index contributed by atoms with van der Waals surface area (Å²) in [5, 5.41) is 12.0. The summed E-state index contributed by atoms with van der Waals surface area (Å²) in [6, 6.07) is 15.2. The van der Waals surface area contributed by atoms with Crippen LogP contribution in [0, 0.1) is 17.1 Å². The van der Waals surface area contributed by atoms with Gasteiger partial charge in [0.05, 0.1) is 5.69 Å². The predicted molar refractivity (Wildman–Crippen MR) is 164 cm³/mol. The van der Waals surface area contributed by atoms with Crippen molar-refractivity contribution in [2.45, 2.75) is 25.4 Å². The van der Waals surface area contributed by atoms with E-state index < -0.39 is 0 Å². The van der Waals surface area contributed by atoms with E-state index in [1.54, 1.807) is 16.7 Å². The van der Waals surface area contributed by atoms with Crippen LogP contribution in [0.25, 0.3) is 22.0 Å². The third-order valence-electron chi connectivity index (χ3n) is 8.06. The molecule has 1 saturated carbocycles. The molecular formula is C31H34FN7OS. The van der Waals surface area contributed by atoms with Crippen LogP contribution in [-0.4, -0.2) is 79.3 Å². The van der Waals surface area contributed by atoms with E-state index in [4.69, 9.17) is 4.98 Å². The number of hydrogen-bond acceptors (Lipinski definition) is 8. The normalized spacial score (nSPS) is 16.0. The molecule has 1 aliphatic carbocycles. The van der Waals surface area contributed by atoms with E-state index in [0.717, 1.165) is 55.5 Å². The third kappa shape index (κ3) is 5.58. The fourth-order valence-corrected chi connectivity index (χ4v) is 6.38. The molecule has 0 amide bonds. The number of aromatic nitrogens is 2. The van der Waals surface area contributed by atoms with Crippen molar-refractivity contribution in [3.05, 3.63) is 69.7 Å². The molecule has 0 spiro atoms. The molecule has 0 radical (unpaired) electrons. The maximum atomic E-state index is 13.6. The molecule has 2 aromatic carbocycles. The standard InChI is InChI=1S/C31H34FN7OS/c1-35(2)12-13-39-20-27(36(3)31-34-29(28(19-33)41-31)21-4-6-22(32)7-5-21)26-18-24(10-11-25(26)30(39)40)38-16-14-37(15-17-38)23-8-9-23/h4-7,10-11,18,20,23H,8-9,12-17H2,1-3H3. The molecule has 8 nitrogen and oxygen atoms in total. The Bertz CT molecular complexity index is 1660. The van der Waals surface area contributed by atoms with E-state index in [-0.39, 0.29) is 11.4 Å². The van der Waals surface area contributed by atoms with Gasteiger partial charge in [0, 0.05) is 80.6 Å². The molecule has 4 aromatic rings. The first-order valence-corrected chi connectivity index (χ1v) is 14.9. The fraction of sp³-hybridized carbons (Fsp3) is 0.387. The number of likely N-dealkylation sites (N-methyl/N-ethyl adjacent to an activating group) is 1. The van der Waals surface area contributed by atoms with E-state index in [0.29, 0.717) is 33.2 Å². The van der Waals surface area contributed by atoms with Gasteiger partial charge in [0.25, 0.3) is 5.56 Å². The van der Waals surface area contributed by atoms with Crippen LogP contribution in [0.2, 0.25) is 0 Å². The van der Waals surface area contributed by atoms with Crippen LogP contribution in [0.1, 0.15) is 17.7 Å². The molecule has 1 saturated heterocycles. The van der Waals surface area contributed by atoms with Gasteiger partial charge in [0.2, 0.25) is 0 Å². The second kappa shape index (κ2) is 11.2. The van der Waals surface area contributed by atoms with E-state index in [2.05, 4.69) is 32.9 Å². The van der Waals surface area contributed by atoms with Crippen molar-refractivity contribution in [2.24, 2.45) is 0 Å². The Morgan fingerprint density at radius 3 is 2.44 bits per heavy atom. The summed E-state index contributed by atoms with van der Waals surface area (Å²) < 4.78 is 15.3. The van der Waals surface area contributed by atoms with Crippen LogP contribution < -0.4 is 15.4 Å². The first-order chi connectivity index (χ1) is 19.8. The Kier molecular flexibility index (Phi) is 7.51. The van der Waals surface area contributed by atoms with Crippen LogP contribution in [-0.2, 0) is 6.54 Å². The molecule has 0 atom stereocenters. The summed E-state index contributed by atoms with van der Waals surface area (Å²) in [4.78, 5) is 27.9. The quantitative estimate of drug-likeness (QED) is 0.302. The van der Waals surface area contributed by atoms with Crippen LogP contribution in [0.3, 0.4) is 0 Å². The van der Waals surface area contributed by atoms with E-state index in [9.17, 15) is 14.4 Å². The second-order valence-electron chi connectivity index (χ2n) is 11.2. The highest BCUT2D eigenvalue weighted by Gasteiger charge is 2.31. The lowest BCUT2D eigenvalue weighted by Gasteiger charge is -2.36. The number of nitriles is 1. The Hall–Kier alpha value is -3.78. The number of anilines is 3. The Morgan fingerprint density at radius 1 is 1.05 bits per heavy atom. The molecule has 2 aliphatic rings. The number of benzene rings is 2. The lowest BCUT2D eigenvalue weighted by molar-refractivity contribution is 0.248. The van der Waals surface area contributed by atoms with Crippen LogP contribution in [0.15, 0.2) is 53.5 Å². The molecule has 10 heteroatoms. The monoisotopic (exact) mass is 571 g/mol. The van der Waals surface area contributed by atoms with Gasteiger partial charge >= 0.3 is 0 Å². The lowest BCUT2D eigenvalue weighted by Crippen LogP contribution is -2.47. The summed E-state index contributed by atoms with van der Waals surface area (Å²) in [7, 11) is 5.90. The number of halogens is 1. The summed E-state index contributed by atoms with van der Waals surface area (Å²) in [5.41, 5.74) is 3.15. The minimum atomic E-state index is -0.337. The number of rotatable bonds is 8. The van der Waals surface area contributed by atoms with Crippen molar-refractivity contribution >= 4 is 38.6 Å². The van der Waals surface area contributed by atoms with Gasteiger partial charge < -0.3 is 19.3 Å². The molecule has 0 unspecified atom stereocenters. The van der Waals surface area contributed by atoms with Gasteiger partial charge in [-0.2, -0.15) is 5.26 Å². The van der Waals surface area contributed by atoms with Gasteiger partial charge in [-0.25, -0.2) is 9.37 Å². The number of nitrogens with zero attached hydrogens (tertiary/aromatic N) is 7. The first kappa shape index (κ1) is 27.4. The zero-order valence-corrected chi connectivity index (χ0v) is 24.5. The van der Waals surface area contributed by atoms with Gasteiger partial charge in [-0.15, -0.1) is 0 Å². The molecule has 6 rings (SSSR count). The topological polar surface area (TPSA) is 71.6 Å². The van der Waals surface area contributed by atoms with Crippen molar-refractivity contribution in [1.29, 1.82) is 5.26 Å². The molecule has 1 aliphatic heterocycles. The number of thiazole rings is 1. The van der Waals surface area contributed by atoms with Crippen LogP contribution in [0.5, 0.6) is 0 Å². The molecule has 212 valence electrons. The van der Waals surface area contributed by atoms with Crippen molar-refractivity contribution in [3.63, 3.8) is 0 Å². The minimum absolute atomic E-state index is 0.0204. The van der Waals surface area contributed by atoms with Gasteiger partial charge in [0.1, 0.15) is 22.5 Å². The highest BCUT2D eigenvalue weighted by atomic mass is 32.1. The van der Waals surface area contributed by atoms with Gasteiger partial charge in [-0.05, 0) is 69.4 Å². The Morgan fingerprint density at radius 2 is 1.78 bits per heavy atom. The molecule has 0 N–H and O–H groups in total. The van der Waals surface area contributed by atoms with Crippen molar-refractivity contribution in [2.75, 3.05) is 63.7 Å². The number of piperazine rings is 1. The summed E-state index contributed by atoms with van der Waals surface area (Å²) in [6.07, 6.45) is 4.55. The van der Waals surface area contributed by atoms with E-state index in [1.807, 2.05) is 38.3 Å². The first-order valence-electron chi connectivity index (χ1n) is 14.0. The molecular weight excluding hydrogens is 537 g/mol. The maximum absolute atomic E-state index is 13.6. The average molecular weight is 572 g/mol. The number of pyridine rings is 1. The van der Waals surface area contributed by atoms with Crippen molar-refractivity contribution < 1.29 is 4.39 Å². The fourth-order valence-electron chi connectivity index (χ4n) is 5.52. The highest BCUT2D eigenvalue weighted by molar-refractivity contribution is 7.16. The van der Waals surface area contributed by atoms with E-state index >= 15 is 0 Å². The van der Waals surface area contributed by atoms with Crippen molar-refractivity contribution in [1.82, 2.24) is 19.4 Å². The Balaban J connectivity index is 1.41. The van der Waals surface area contributed by atoms with Crippen molar-refractivity contribution in [3.8, 4) is 17.3 Å². The van der Waals surface area contributed by atoms with Crippen LogP contribution >= 0.6 is 11.3 Å². The Labute approximate surface area is 243 Å². The van der Waals surface area contributed by atoms with E-state index in [1.165, 1.54) is 36.3 Å². The number of fused-ring (bicyclic) bond motifs is 1. The molecule has 2 aromatic heterocycles. The summed E-state index contributed by atoms with van der Waals surface area (Å²) in [6.45, 7) is 5.32. The molecule has 3 heterocycles. The van der Waals surface area contributed by atoms with Gasteiger partial charge in [-0.1, -0.05) is 11.3 Å². The number of hydrogen-bond donors (Lipinski definition) is 0. The largest absolute Gasteiger partial charge is 0.369 e. The maximum Gasteiger partial charge on any atom is 0.258 e. The predicted octanol–water partition coefficient (Wildman–Crippen LogP) is 4.75. The average Bonchev–Trinajstić information content (AvgIpc) is 3.75. The van der Waals surface area contributed by atoms with Gasteiger partial charge in [0.15, 0.2) is 5.13 Å². The second-order valence-corrected chi connectivity index (χ2v) is 12.1.